The van der Waals surface area contributed by atoms with Crippen LogP contribution in [0, 0.1) is 0 Å². The van der Waals surface area contributed by atoms with Gasteiger partial charge in [0.1, 0.15) is 12.4 Å². The van der Waals surface area contributed by atoms with Crippen molar-refractivity contribution in [1.82, 2.24) is 9.55 Å². The topological polar surface area (TPSA) is 145 Å². The maximum Gasteiger partial charge on any atom is 0.446 e. The molecule has 3 aromatic rings. The third kappa shape index (κ3) is 3.15. The lowest BCUT2D eigenvalue weighted by molar-refractivity contribution is -0.172. The van der Waals surface area contributed by atoms with E-state index in [1.807, 2.05) is 6.92 Å². The van der Waals surface area contributed by atoms with Crippen molar-refractivity contribution < 1.29 is 31.8 Å². The zero-order chi connectivity index (χ0) is 23.7. The van der Waals surface area contributed by atoms with E-state index in [0.29, 0.717) is 28.7 Å². The predicted octanol–water partition coefficient (Wildman–Crippen LogP) is 1.82. The van der Waals surface area contributed by atoms with Gasteiger partial charge in [-0.15, -0.1) is 0 Å². The number of esters is 1. The largest absolute Gasteiger partial charge is 0.458 e. The summed E-state index contributed by atoms with van der Waals surface area (Å²) in [5.74, 6) is -0.847. The summed E-state index contributed by atoms with van der Waals surface area (Å²) in [6, 6.07) is 6.05. The quantitative estimate of drug-likeness (QED) is 0.335. The molecule has 33 heavy (non-hydrogen) atoms. The number of hydrogen-bond acceptors (Lipinski definition) is 8. The number of pyridine rings is 2. The average molecular weight is 472 g/mol. The van der Waals surface area contributed by atoms with Crippen molar-refractivity contribution >= 4 is 27.3 Å². The van der Waals surface area contributed by atoms with Crippen molar-refractivity contribution in [1.29, 1.82) is 0 Å². The lowest BCUT2D eigenvalue weighted by atomic mass is 9.86. The van der Waals surface area contributed by atoms with Gasteiger partial charge in [-0.3, -0.25) is 9.35 Å². The number of hydrogen-bond donors (Lipinski definition) is 2. The molecule has 2 aliphatic heterocycles. The molecule has 0 radical (unpaired) electrons. The van der Waals surface area contributed by atoms with Gasteiger partial charge in [0.05, 0.1) is 29.0 Å². The summed E-state index contributed by atoms with van der Waals surface area (Å²) in [6.07, 6.45) is 0.607. The Morgan fingerprint density at radius 3 is 2.64 bits per heavy atom. The normalized spacial score (nSPS) is 19.1. The summed E-state index contributed by atoms with van der Waals surface area (Å²) in [7, 11) is -4.68. The van der Waals surface area contributed by atoms with Gasteiger partial charge in [-0.1, -0.05) is 13.8 Å². The van der Waals surface area contributed by atoms with Crippen LogP contribution in [-0.2, 0) is 45.1 Å². The smallest absolute Gasteiger partial charge is 0.446 e. The average Bonchev–Trinajstić information content (AvgIpc) is 3.12. The number of ether oxygens (including phenoxy) is 1. The Morgan fingerprint density at radius 1 is 1.21 bits per heavy atom. The highest BCUT2D eigenvalue weighted by Crippen LogP contribution is 2.40. The fourth-order valence-electron chi connectivity index (χ4n) is 4.72. The van der Waals surface area contributed by atoms with Crippen molar-refractivity contribution in [2.75, 3.05) is 0 Å². The van der Waals surface area contributed by atoms with Crippen LogP contribution in [0.25, 0.3) is 22.3 Å². The van der Waals surface area contributed by atoms with Gasteiger partial charge in [0.25, 0.3) is 5.56 Å². The molecule has 0 spiro atoms. The van der Waals surface area contributed by atoms with Crippen molar-refractivity contribution in [3.8, 4) is 17.1 Å². The second-order valence-corrected chi connectivity index (χ2v) is 9.09. The summed E-state index contributed by atoms with van der Waals surface area (Å²) in [5.41, 5.74) is 1.42. The van der Waals surface area contributed by atoms with Crippen LogP contribution >= 0.6 is 0 Å². The van der Waals surface area contributed by atoms with Crippen molar-refractivity contribution in [3.63, 3.8) is 0 Å². The number of aromatic nitrogens is 2. The second-order valence-electron chi connectivity index (χ2n) is 8.06. The Balaban J connectivity index is 1.76. The molecule has 10 nitrogen and oxygen atoms in total. The van der Waals surface area contributed by atoms with Gasteiger partial charge in [0, 0.05) is 16.5 Å². The van der Waals surface area contributed by atoms with Crippen LogP contribution in [0.1, 0.15) is 42.5 Å². The van der Waals surface area contributed by atoms with Gasteiger partial charge in [-0.2, -0.15) is 8.42 Å². The van der Waals surface area contributed by atoms with E-state index in [1.165, 1.54) is 12.1 Å². The van der Waals surface area contributed by atoms with E-state index in [4.69, 9.17) is 14.3 Å². The molecule has 2 N–H and O–H groups in total. The van der Waals surface area contributed by atoms with Gasteiger partial charge in [-0.05, 0) is 42.7 Å². The molecule has 0 amide bonds. The molecule has 11 heteroatoms. The number of nitrogens with zero attached hydrogens (tertiary/aromatic N) is 2. The minimum absolute atomic E-state index is 0.0521. The second kappa shape index (κ2) is 7.11. The van der Waals surface area contributed by atoms with Gasteiger partial charge in [-0.25, -0.2) is 9.78 Å². The highest BCUT2D eigenvalue weighted by molar-refractivity contribution is 7.81. The number of rotatable bonds is 4. The minimum Gasteiger partial charge on any atom is -0.458 e. The number of aryl methyl sites for hydroxylation is 1. The van der Waals surface area contributed by atoms with Crippen LogP contribution < -0.4 is 9.74 Å². The molecule has 0 bridgehead atoms. The standard InChI is InChI=1S/C22H20N2O8S/c1-3-12-13-7-11(32-33(28,29)30)5-6-17(13)23-19-14(12)9-24-18(19)8-16-15(20(24)25)10-31-21(26)22(16,27)4-2/h5-8,27H,3-4,9-10H2,1-2H3,(H,28,29,30)/t22-/m0/s1. The van der Waals surface area contributed by atoms with Crippen LogP contribution in [0.3, 0.4) is 0 Å². The van der Waals surface area contributed by atoms with E-state index in [0.717, 1.165) is 11.1 Å². The summed E-state index contributed by atoms with van der Waals surface area (Å²) >= 11 is 0. The van der Waals surface area contributed by atoms with Crippen LogP contribution in [0.2, 0.25) is 0 Å². The molecule has 4 heterocycles. The van der Waals surface area contributed by atoms with Crippen LogP contribution in [0.5, 0.6) is 5.75 Å². The molecule has 0 aliphatic carbocycles. The molecule has 0 unspecified atom stereocenters. The molecule has 2 aliphatic rings. The van der Waals surface area contributed by atoms with E-state index < -0.39 is 22.0 Å². The summed E-state index contributed by atoms with van der Waals surface area (Å²) in [6.45, 7) is 3.58. The molecule has 0 saturated carbocycles. The molecular weight excluding hydrogens is 452 g/mol. The lowest BCUT2D eigenvalue weighted by Gasteiger charge is -2.31. The molecule has 0 saturated heterocycles. The fraction of sp³-hybridized carbons (Fsp3) is 0.318. The maximum absolute atomic E-state index is 13.3. The van der Waals surface area contributed by atoms with E-state index in [2.05, 4.69) is 4.18 Å². The molecule has 0 fully saturated rings. The molecule has 2 aromatic heterocycles. The number of cyclic esters (lactones) is 1. The summed E-state index contributed by atoms with van der Waals surface area (Å²) in [4.78, 5) is 30.3. The molecule has 5 rings (SSSR count). The van der Waals surface area contributed by atoms with Crippen LogP contribution in [-0.4, -0.2) is 33.6 Å². The van der Waals surface area contributed by atoms with E-state index in [-0.39, 0.29) is 42.0 Å². The van der Waals surface area contributed by atoms with Gasteiger partial charge in [0.2, 0.25) is 0 Å². The Labute approximate surface area is 188 Å². The first-order valence-corrected chi connectivity index (χ1v) is 11.7. The van der Waals surface area contributed by atoms with Gasteiger partial charge >= 0.3 is 16.4 Å². The first-order chi connectivity index (χ1) is 15.6. The Morgan fingerprint density at radius 2 is 1.97 bits per heavy atom. The third-order valence-electron chi connectivity index (χ3n) is 6.33. The monoisotopic (exact) mass is 472 g/mol. The van der Waals surface area contributed by atoms with E-state index in [1.54, 1.807) is 23.6 Å². The lowest BCUT2D eigenvalue weighted by Crippen LogP contribution is -2.44. The van der Waals surface area contributed by atoms with Crippen molar-refractivity contribution in [2.24, 2.45) is 0 Å². The van der Waals surface area contributed by atoms with Gasteiger partial charge in [0.15, 0.2) is 5.60 Å². The van der Waals surface area contributed by atoms with Crippen LogP contribution in [0.15, 0.2) is 29.1 Å². The SMILES string of the molecule is CCc1c2c(nc3ccc(OS(=O)(=O)O)cc13)-c1cc3c(c(=O)n1C2)COC(=O)[C@]3(O)CC. The summed E-state index contributed by atoms with van der Waals surface area (Å²) in [5, 5.41) is 11.6. The minimum atomic E-state index is -4.68. The van der Waals surface area contributed by atoms with Crippen LogP contribution in [0.4, 0.5) is 0 Å². The van der Waals surface area contributed by atoms with Gasteiger partial charge < -0.3 is 18.6 Å². The zero-order valence-electron chi connectivity index (χ0n) is 17.8. The highest BCUT2D eigenvalue weighted by Gasteiger charge is 2.45. The van der Waals surface area contributed by atoms with Crippen molar-refractivity contribution in [3.05, 3.63) is 56.9 Å². The number of carbonyl (C=O) groups excluding carboxylic acids is 1. The van der Waals surface area contributed by atoms with E-state index >= 15 is 0 Å². The Kier molecular flexibility index (Phi) is 4.64. The summed E-state index contributed by atoms with van der Waals surface area (Å²) < 4.78 is 42.5. The first-order valence-electron chi connectivity index (χ1n) is 10.4. The van der Waals surface area contributed by atoms with Crippen molar-refractivity contribution in [2.45, 2.75) is 45.4 Å². The third-order valence-corrected chi connectivity index (χ3v) is 6.74. The molecule has 1 atom stereocenters. The highest BCUT2D eigenvalue weighted by atomic mass is 32.3. The number of carbonyl (C=O) groups is 1. The Hall–Kier alpha value is -3.28. The number of fused-ring (bicyclic) bond motifs is 5. The maximum atomic E-state index is 13.3. The number of benzene rings is 1. The fourth-order valence-corrected chi connectivity index (χ4v) is 5.06. The molecule has 172 valence electrons. The zero-order valence-corrected chi connectivity index (χ0v) is 18.6. The Bertz CT molecular complexity index is 1530. The molecular formula is C22H20N2O8S. The first kappa shape index (κ1) is 21.6. The predicted molar refractivity (Wildman–Crippen MR) is 116 cm³/mol. The van der Waals surface area contributed by atoms with E-state index in [9.17, 15) is 23.1 Å². The molecule has 1 aromatic carbocycles. The number of aliphatic hydroxyl groups is 1.